The molecule has 25 heavy (non-hydrogen) atoms. The molecule has 3 rings (SSSR count). The smallest absolute Gasteiger partial charge is 0.236 e. The molecule has 0 aromatic heterocycles. The molecule has 1 unspecified atom stereocenters. The largest absolute Gasteiger partial charge is 0.508 e. The van der Waals surface area contributed by atoms with Crippen LogP contribution in [-0.4, -0.2) is 59.4 Å². The summed E-state index contributed by atoms with van der Waals surface area (Å²) in [5.74, 6) is 0.392. The Balaban J connectivity index is 1.47. The second-order valence-electron chi connectivity index (χ2n) is 7.22. The topological polar surface area (TPSA) is 86.9 Å². The zero-order valence-electron chi connectivity index (χ0n) is 14.6. The maximum atomic E-state index is 12.5. The number of nitrogens with two attached hydrogens (primary N) is 1. The summed E-state index contributed by atoms with van der Waals surface area (Å²) in [6, 6.07) is 7.44. The number of likely N-dealkylation sites (tertiary alicyclic amines) is 2. The fraction of sp³-hybridized carbons (Fsp3) is 0.579. The molecule has 136 valence electrons. The van der Waals surface area contributed by atoms with Crippen molar-refractivity contribution in [1.82, 2.24) is 9.80 Å². The Morgan fingerprint density at radius 1 is 1.08 bits per heavy atom. The number of phenols is 1. The molecule has 0 saturated carbocycles. The van der Waals surface area contributed by atoms with Gasteiger partial charge in [-0.05, 0) is 62.4 Å². The summed E-state index contributed by atoms with van der Waals surface area (Å²) < 4.78 is 0. The van der Waals surface area contributed by atoms with Gasteiger partial charge in [-0.3, -0.25) is 14.5 Å². The highest BCUT2D eigenvalue weighted by Gasteiger charge is 2.29. The van der Waals surface area contributed by atoms with Gasteiger partial charge in [-0.1, -0.05) is 12.1 Å². The lowest BCUT2D eigenvalue weighted by atomic mass is 9.89. The minimum atomic E-state index is -0.299. The summed E-state index contributed by atoms with van der Waals surface area (Å²) in [7, 11) is 0. The summed E-state index contributed by atoms with van der Waals surface area (Å²) in [4.78, 5) is 27.9. The van der Waals surface area contributed by atoms with Gasteiger partial charge in [0, 0.05) is 13.1 Å². The number of hydrogen-bond donors (Lipinski definition) is 2. The van der Waals surface area contributed by atoms with Crippen LogP contribution in [0, 0.1) is 5.92 Å². The average molecular weight is 345 g/mol. The molecule has 0 radical (unpaired) electrons. The van der Waals surface area contributed by atoms with Gasteiger partial charge in [-0.25, -0.2) is 0 Å². The Hall–Kier alpha value is -2.08. The van der Waals surface area contributed by atoms with E-state index in [0.717, 1.165) is 45.3 Å². The summed E-state index contributed by atoms with van der Waals surface area (Å²) in [5, 5.41) is 9.39. The van der Waals surface area contributed by atoms with Crippen LogP contribution in [0.2, 0.25) is 0 Å². The maximum absolute atomic E-state index is 12.5. The number of carbonyl (C=O) groups excluding carboxylic acids is 2. The van der Waals surface area contributed by atoms with Gasteiger partial charge in [0.15, 0.2) is 0 Å². The molecule has 2 amide bonds. The summed E-state index contributed by atoms with van der Waals surface area (Å²) in [6.07, 6.45) is 3.67. The van der Waals surface area contributed by atoms with E-state index in [2.05, 4.69) is 4.90 Å². The van der Waals surface area contributed by atoms with Crippen LogP contribution in [0.1, 0.15) is 37.2 Å². The number of nitrogens with zero attached hydrogens (tertiary/aromatic N) is 2. The molecule has 6 heteroatoms. The van der Waals surface area contributed by atoms with E-state index in [1.165, 1.54) is 5.56 Å². The molecule has 3 N–H and O–H groups in total. The number of piperidine rings is 2. The van der Waals surface area contributed by atoms with E-state index in [9.17, 15) is 14.7 Å². The predicted molar refractivity (Wildman–Crippen MR) is 95.0 cm³/mol. The third-order valence-electron chi connectivity index (χ3n) is 5.49. The fourth-order valence-electron chi connectivity index (χ4n) is 3.90. The van der Waals surface area contributed by atoms with E-state index >= 15 is 0 Å². The van der Waals surface area contributed by atoms with Crippen LogP contribution in [0.15, 0.2) is 24.3 Å². The Morgan fingerprint density at radius 2 is 1.76 bits per heavy atom. The van der Waals surface area contributed by atoms with Crippen molar-refractivity contribution in [2.45, 2.75) is 31.6 Å². The van der Waals surface area contributed by atoms with Gasteiger partial charge < -0.3 is 15.7 Å². The lowest BCUT2D eigenvalue weighted by molar-refractivity contribution is -0.136. The van der Waals surface area contributed by atoms with E-state index in [1.54, 1.807) is 17.0 Å². The molecule has 2 aliphatic rings. The highest BCUT2D eigenvalue weighted by atomic mass is 16.3. The second kappa shape index (κ2) is 7.87. The molecule has 1 aromatic rings. The first-order valence-electron chi connectivity index (χ1n) is 9.11. The summed E-state index contributed by atoms with van der Waals surface area (Å²) in [5.41, 5.74) is 6.64. The normalized spacial score (nSPS) is 22.7. The lowest BCUT2D eigenvalue weighted by Crippen LogP contribution is -2.48. The molecular weight excluding hydrogens is 318 g/mol. The van der Waals surface area contributed by atoms with Gasteiger partial charge in [0.1, 0.15) is 5.75 Å². The monoisotopic (exact) mass is 345 g/mol. The molecule has 2 heterocycles. The van der Waals surface area contributed by atoms with Crippen LogP contribution in [0.3, 0.4) is 0 Å². The Labute approximate surface area is 148 Å². The number of benzene rings is 1. The highest BCUT2D eigenvalue weighted by molar-refractivity contribution is 5.81. The van der Waals surface area contributed by atoms with E-state index in [1.807, 2.05) is 12.1 Å². The minimum Gasteiger partial charge on any atom is -0.508 e. The lowest BCUT2D eigenvalue weighted by Gasteiger charge is -2.35. The van der Waals surface area contributed by atoms with Gasteiger partial charge in [-0.15, -0.1) is 0 Å². The molecule has 2 fully saturated rings. The highest BCUT2D eigenvalue weighted by Crippen LogP contribution is 2.29. The Morgan fingerprint density at radius 3 is 2.40 bits per heavy atom. The third-order valence-corrected chi connectivity index (χ3v) is 5.49. The Kier molecular flexibility index (Phi) is 5.58. The molecular formula is C19H27N3O3. The number of primary amides is 1. The van der Waals surface area contributed by atoms with Crippen molar-refractivity contribution in [3.63, 3.8) is 0 Å². The van der Waals surface area contributed by atoms with Crippen LogP contribution >= 0.6 is 0 Å². The third kappa shape index (κ3) is 4.51. The number of phenolic OH excluding ortho intramolecular Hbond substituents is 1. The van der Waals surface area contributed by atoms with Crippen molar-refractivity contribution < 1.29 is 14.7 Å². The van der Waals surface area contributed by atoms with E-state index in [4.69, 9.17) is 5.73 Å². The van der Waals surface area contributed by atoms with Crippen molar-refractivity contribution in [3.05, 3.63) is 29.8 Å². The first-order valence-corrected chi connectivity index (χ1v) is 9.11. The molecule has 6 nitrogen and oxygen atoms in total. The summed E-state index contributed by atoms with van der Waals surface area (Å²) in [6.45, 7) is 3.41. The number of aromatic hydroxyl groups is 1. The standard InChI is InChI=1S/C19H27N3O3/c20-19(25)16-2-1-9-22(12-16)18(24)13-21-10-7-15(8-11-21)14-3-5-17(23)6-4-14/h3-6,15-16,23H,1-2,7-13H2,(H2,20,25). The van der Waals surface area contributed by atoms with Crippen LogP contribution in [0.5, 0.6) is 5.75 Å². The van der Waals surface area contributed by atoms with Gasteiger partial charge in [0.25, 0.3) is 0 Å². The van der Waals surface area contributed by atoms with Crippen LogP contribution in [-0.2, 0) is 9.59 Å². The molecule has 1 aromatic carbocycles. The molecule has 0 spiro atoms. The molecule has 2 aliphatic heterocycles. The molecule has 1 atom stereocenters. The van der Waals surface area contributed by atoms with Crippen LogP contribution in [0.25, 0.3) is 0 Å². The van der Waals surface area contributed by atoms with Crippen molar-refractivity contribution in [2.24, 2.45) is 11.7 Å². The van der Waals surface area contributed by atoms with Gasteiger partial charge in [0.05, 0.1) is 12.5 Å². The van der Waals surface area contributed by atoms with Gasteiger partial charge >= 0.3 is 0 Å². The predicted octanol–water partition coefficient (Wildman–Crippen LogP) is 1.30. The average Bonchev–Trinajstić information content (AvgIpc) is 2.63. The second-order valence-corrected chi connectivity index (χ2v) is 7.22. The fourth-order valence-corrected chi connectivity index (χ4v) is 3.90. The van der Waals surface area contributed by atoms with Gasteiger partial charge in [-0.2, -0.15) is 0 Å². The van der Waals surface area contributed by atoms with E-state index in [0.29, 0.717) is 24.8 Å². The van der Waals surface area contributed by atoms with Crippen LogP contribution < -0.4 is 5.73 Å². The first kappa shape index (κ1) is 17.7. The Bertz CT molecular complexity index is 609. The van der Waals surface area contributed by atoms with Crippen LogP contribution in [0.4, 0.5) is 0 Å². The molecule has 0 aliphatic carbocycles. The molecule has 0 bridgehead atoms. The van der Waals surface area contributed by atoms with Crippen molar-refractivity contribution in [3.8, 4) is 5.75 Å². The van der Waals surface area contributed by atoms with Crippen molar-refractivity contribution in [1.29, 1.82) is 0 Å². The SMILES string of the molecule is NC(=O)C1CCCN(C(=O)CN2CCC(c3ccc(O)cc3)CC2)C1. The minimum absolute atomic E-state index is 0.106. The number of amides is 2. The maximum Gasteiger partial charge on any atom is 0.236 e. The number of hydrogen-bond acceptors (Lipinski definition) is 4. The van der Waals surface area contributed by atoms with E-state index < -0.39 is 0 Å². The molecule has 2 saturated heterocycles. The zero-order chi connectivity index (χ0) is 17.8. The number of rotatable bonds is 4. The first-order chi connectivity index (χ1) is 12.0. The number of carbonyl (C=O) groups is 2. The quantitative estimate of drug-likeness (QED) is 0.861. The van der Waals surface area contributed by atoms with Crippen molar-refractivity contribution in [2.75, 3.05) is 32.7 Å². The van der Waals surface area contributed by atoms with Gasteiger partial charge in [0.2, 0.25) is 11.8 Å². The van der Waals surface area contributed by atoms with E-state index in [-0.39, 0.29) is 17.7 Å². The summed E-state index contributed by atoms with van der Waals surface area (Å²) >= 11 is 0. The van der Waals surface area contributed by atoms with Crippen molar-refractivity contribution >= 4 is 11.8 Å². The zero-order valence-corrected chi connectivity index (χ0v) is 14.6.